The van der Waals surface area contributed by atoms with E-state index in [1.165, 1.54) is 12.8 Å². The van der Waals surface area contributed by atoms with E-state index in [0.717, 1.165) is 0 Å². The van der Waals surface area contributed by atoms with Crippen molar-refractivity contribution < 1.29 is 0 Å². The summed E-state index contributed by atoms with van der Waals surface area (Å²) in [6.07, 6.45) is 2.36. The largest absolute Gasteiger partial charge is 0.328 e. The molecule has 13 heavy (non-hydrogen) atoms. The SMILES string of the molecule is CCCC(C)(C)C(N)[C@@H](C)[C@@H](C)N. The number of hydrogen-bond acceptors (Lipinski definition) is 2. The Kier molecular flexibility index (Phi) is 4.93. The summed E-state index contributed by atoms with van der Waals surface area (Å²) in [4.78, 5) is 0. The molecule has 2 heteroatoms. The normalized spacial score (nSPS) is 19.6. The van der Waals surface area contributed by atoms with E-state index >= 15 is 0 Å². The second kappa shape index (κ2) is 4.97. The van der Waals surface area contributed by atoms with Gasteiger partial charge in [-0.05, 0) is 24.7 Å². The van der Waals surface area contributed by atoms with E-state index in [-0.39, 0.29) is 17.5 Å². The number of nitrogens with two attached hydrogens (primary N) is 2. The first-order valence-corrected chi connectivity index (χ1v) is 5.34. The van der Waals surface area contributed by atoms with Crippen molar-refractivity contribution in [1.82, 2.24) is 0 Å². The van der Waals surface area contributed by atoms with Crippen LogP contribution in [0.25, 0.3) is 0 Å². The molecular formula is C11H26N2. The molecule has 0 aromatic carbocycles. The average molecular weight is 186 g/mol. The first kappa shape index (κ1) is 12.9. The quantitative estimate of drug-likeness (QED) is 0.691. The summed E-state index contributed by atoms with van der Waals surface area (Å²) in [5.74, 6) is 0.390. The molecule has 0 aliphatic heterocycles. The van der Waals surface area contributed by atoms with Crippen molar-refractivity contribution in [2.24, 2.45) is 22.8 Å². The van der Waals surface area contributed by atoms with E-state index in [9.17, 15) is 0 Å². The summed E-state index contributed by atoms with van der Waals surface area (Å²) in [6, 6.07) is 0.388. The lowest BCUT2D eigenvalue weighted by atomic mass is 9.74. The molecule has 0 saturated carbocycles. The third-order valence-electron chi connectivity index (χ3n) is 3.19. The minimum atomic E-state index is 0.186. The molecule has 0 heterocycles. The molecule has 0 fully saturated rings. The van der Waals surface area contributed by atoms with Gasteiger partial charge < -0.3 is 11.5 Å². The monoisotopic (exact) mass is 186 g/mol. The maximum atomic E-state index is 6.20. The van der Waals surface area contributed by atoms with Gasteiger partial charge in [-0.25, -0.2) is 0 Å². The van der Waals surface area contributed by atoms with E-state index in [4.69, 9.17) is 11.5 Å². The molecule has 4 N–H and O–H groups in total. The van der Waals surface area contributed by atoms with Crippen LogP contribution in [0.15, 0.2) is 0 Å². The molecular weight excluding hydrogens is 160 g/mol. The second-order valence-corrected chi connectivity index (χ2v) is 4.98. The Balaban J connectivity index is 4.29. The van der Waals surface area contributed by atoms with Crippen LogP contribution in [0.3, 0.4) is 0 Å². The molecule has 80 valence electrons. The highest BCUT2D eigenvalue weighted by molar-refractivity contribution is 4.87. The minimum absolute atomic E-state index is 0.186. The lowest BCUT2D eigenvalue weighted by Gasteiger charge is -2.37. The third kappa shape index (κ3) is 3.65. The molecule has 0 spiro atoms. The molecule has 0 amide bonds. The van der Waals surface area contributed by atoms with Crippen LogP contribution >= 0.6 is 0 Å². The maximum absolute atomic E-state index is 6.20. The van der Waals surface area contributed by atoms with Gasteiger partial charge in [-0.15, -0.1) is 0 Å². The summed E-state index contributed by atoms with van der Waals surface area (Å²) in [5.41, 5.74) is 12.3. The van der Waals surface area contributed by atoms with Crippen LogP contribution in [0.1, 0.15) is 47.5 Å². The Bertz CT molecular complexity index is 141. The van der Waals surface area contributed by atoms with Gasteiger partial charge in [-0.2, -0.15) is 0 Å². The highest BCUT2D eigenvalue weighted by Crippen LogP contribution is 2.30. The lowest BCUT2D eigenvalue weighted by molar-refractivity contribution is 0.191. The van der Waals surface area contributed by atoms with Crippen molar-refractivity contribution in [3.63, 3.8) is 0 Å². The molecule has 0 bridgehead atoms. The summed E-state index contributed by atoms with van der Waals surface area (Å²) < 4.78 is 0. The van der Waals surface area contributed by atoms with Gasteiger partial charge in [-0.1, -0.05) is 34.1 Å². The molecule has 0 aliphatic rings. The first-order valence-electron chi connectivity index (χ1n) is 5.34. The van der Waals surface area contributed by atoms with Gasteiger partial charge in [0.15, 0.2) is 0 Å². The van der Waals surface area contributed by atoms with Crippen molar-refractivity contribution in [1.29, 1.82) is 0 Å². The predicted molar refractivity (Wildman–Crippen MR) is 59.5 cm³/mol. The Hall–Kier alpha value is -0.0800. The van der Waals surface area contributed by atoms with Gasteiger partial charge in [0.1, 0.15) is 0 Å². The Labute approximate surface area is 83.1 Å². The fourth-order valence-electron chi connectivity index (χ4n) is 1.85. The van der Waals surface area contributed by atoms with Gasteiger partial charge in [0, 0.05) is 12.1 Å². The summed E-state index contributed by atoms with van der Waals surface area (Å²) in [6.45, 7) is 10.9. The zero-order chi connectivity index (χ0) is 10.6. The van der Waals surface area contributed by atoms with E-state index in [0.29, 0.717) is 5.92 Å². The molecule has 1 unspecified atom stereocenters. The number of hydrogen-bond donors (Lipinski definition) is 2. The second-order valence-electron chi connectivity index (χ2n) is 4.98. The van der Waals surface area contributed by atoms with Gasteiger partial charge in [0.05, 0.1) is 0 Å². The van der Waals surface area contributed by atoms with E-state index in [2.05, 4.69) is 27.7 Å². The van der Waals surface area contributed by atoms with Crippen molar-refractivity contribution in [3.05, 3.63) is 0 Å². The van der Waals surface area contributed by atoms with Gasteiger partial charge in [0.25, 0.3) is 0 Å². The zero-order valence-electron chi connectivity index (χ0n) is 9.80. The van der Waals surface area contributed by atoms with Crippen molar-refractivity contribution in [2.75, 3.05) is 0 Å². The fraction of sp³-hybridized carbons (Fsp3) is 1.00. The lowest BCUT2D eigenvalue weighted by Crippen LogP contribution is -2.48. The third-order valence-corrected chi connectivity index (χ3v) is 3.19. The molecule has 0 aliphatic carbocycles. The summed E-state index contributed by atoms with van der Waals surface area (Å²) in [7, 11) is 0. The van der Waals surface area contributed by atoms with Crippen LogP contribution in [-0.2, 0) is 0 Å². The molecule has 0 rings (SSSR count). The topological polar surface area (TPSA) is 52.0 Å². The van der Waals surface area contributed by atoms with E-state index < -0.39 is 0 Å². The molecule has 3 atom stereocenters. The van der Waals surface area contributed by atoms with Crippen LogP contribution < -0.4 is 11.5 Å². The molecule has 2 nitrogen and oxygen atoms in total. The molecule has 0 saturated heterocycles. The van der Waals surface area contributed by atoms with Crippen LogP contribution in [-0.4, -0.2) is 12.1 Å². The van der Waals surface area contributed by atoms with Crippen molar-refractivity contribution in [3.8, 4) is 0 Å². The molecule has 0 aromatic rings. The van der Waals surface area contributed by atoms with Crippen LogP contribution in [0.4, 0.5) is 0 Å². The van der Waals surface area contributed by atoms with Crippen LogP contribution in [0.5, 0.6) is 0 Å². The van der Waals surface area contributed by atoms with Gasteiger partial charge in [-0.3, -0.25) is 0 Å². The van der Waals surface area contributed by atoms with E-state index in [1.54, 1.807) is 0 Å². The average Bonchev–Trinajstić information content (AvgIpc) is 2.01. The Morgan fingerprint density at radius 3 is 1.92 bits per heavy atom. The smallest absolute Gasteiger partial charge is 0.0131 e. The van der Waals surface area contributed by atoms with Crippen molar-refractivity contribution in [2.45, 2.75) is 59.5 Å². The van der Waals surface area contributed by atoms with Crippen LogP contribution in [0.2, 0.25) is 0 Å². The molecule has 0 radical (unpaired) electrons. The standard InChI is InChI=1S/C11H26N2/c1-6-7-11(4,5)10(13)8(2)9(3)12/h8-10H,6-7,12-13H2,1-5H3/t8-,9+,10?/m0/s1. The summed E-state index contributed by atoms with van der Waals surface area (Å²) in [5, 5.41) is 0. The predicted octanol–water partition coefficient (Wildman–Crippen LogP) is 2.12. The number of rotatable bonds is 5. The summed E-state index contributed by atoms with van der Waals surface area (Å²) >= 11 is 0. The maximum Gasteiger partial charge on any atom is 0.0131 e. The molecule has 0 aromatic heterocycles. The highest BCUT2D eigenvalue weighted by Gasteiger charge is 2.31. The Morgan fingerprint density at radius 2 is 1.62 bits per heavy atom. The first-order chi connectivity index (χ1) is 5.83. The van der Waals surface area contributed by atoms with Gasteiger partial charge >= 0.3 is 0 Å². The minimum Gasteiger partial charge on any atom is -0.328 e. The van der Waals surface area contributed by atoms with Crippen molar-refractivity contribution >= 4 is 0 Å². The van der Waals surface area contributed by atoms with E-state index in [1.807, 2.05) is 6.92 Å². The fourth-order valence-corrected chi connectivity index (χ4v) is 1.85. The zero-order valence-corrected chi connectivity index (χ0v) is 9.80. The van der Waals surface area contributed by atoms with Gasteiger partial charge in [0.2, 0.25) is 0 Å². The van der Waals surface area contributed by atoms with Crippen LogP contribution in [0, 0.1) is 11.3 Å². The highest BCUT2D eigenvalue weighted by atomic mass is 14.7. The Morgan fingerprint density at radius 1 is 1.15 bits per heavy atom.